The lowest BCUT2D eigenvalue weighted by atomic mass is 9.99. The van der Waals surface area contributed by atoms with Crippen LogP contribution in [0.1, 0.15) is 24.1 Å². The van der Waals surface area contributed by atoms with Crippen LogP contribution in [0.2, 0.25) is 0 Å². The maximum Gasteiger partial charge on any atom is 0.246 e. The molecule has 1 atom stereocenters. The van der Waals surface area contributed by atoms with Gasteiger partial charge in [0.2, 0.25) is 5.91 Å². The van der Waals surface area contributed by atoms with Gasteiger partial charge in [0, 0.05) is 6.61 Å². The molecule has 0 spiro atoms. The normalized spacial score (nSPS) is 11.9. The summed E-state index contributed by atoms with van der Waals surface area (Å²) in [5, 5.41) is 3.05. The fourth-order valence-corrected chi connectivity index (χ4v) is 2.22. The summed E-state index contributed by atoms with van der Waals surface area (Å²) in [7, 11) is 0. The molecule has 2 aromatic rings. The smallest absolute Gasteiger partial charge is 0.246 e. The topological polar surface area (TPSA) is 38.3 Å². The zero-order valence-corrected chi connectivity index (χ0v) is 12.3. The van der Waals surface area contributed by atoms with Crippen LogP contribution in [0, 0.1) is 0 Å². The Kier molecular flexibility index (Phi) is 5.98. The lowest BCUT2D eigenvalue weighted by molar-refractivity contribution is -0.126. The highest BCUT2D eigenvalue weighted by Gasteiger charge is 2.15. The van der Waals surface area contributed by atoms with Crippen molar-refractivity contribution in [3.63, 3.8) is 0 Å². The molecule has 0 saturated heterocycles. The van der Waals surface area contributed by atoms with Crippen LogP contribution >= 0.6 is 0 Å². The molecule has 110 valence electrons. The molecule has 1 N–H and O–H groups in total. The molecule has 0 saturated carbocycles. The van der Waals surface area contributed by atoms with E-state index in [1.54, 1.807) is 0 Å². The van der Waals surface area contributed by atoms with Crippen molar-refractivity contribution in [3.05, 3.63) is 71.8 Å². The van der Waals surface area contributed by atoms with Gasteiger partial charge in [-0.25, -0.2) is 0 Å². The molecule has 3 nitrogen and oxygen atoms in total. The van der Waals surface area contributed by atoms with Crippen LogP contribution in [0.25, 0.3) is 0 Å². The van der Waals surface area contributed by atoms with Crippen molar-refractivity contribution in [2.75, 3.05) is 13.2 Å². The molecule has 0 aliphatic heterocycles. The van der Waals surface area contributed by atoms with E-state index in [-0.39, 0.29) is 18.6 Å². The summed E-state index contributed by atoms with van der Waals surface area (Å²) in [5.74, 6) is -0.0818. The summed E-state index contributed by atoms with van der Waals surface area (Å²) in [6, 6.07) is 20.2. The van der Waals surface area contributed by atoms with Gasteiger partial charge in [-0.15, -0.1) is 0 Å². The van der Waals surface area contributed by atoms with Gasteiger partial charge in [0.25, 0.3) is 0 Å². The lowest BCUT2D eigenvalue weighted by Gasteiger charge is -2.19. The number of rotatable bonds is 7. The molecule has 0 heterocycles. The molecule has 0 aromatic heterocycles. The molecule has 0 bridgehead atoms. The average Bonchev–Trinajstić information content (AvgIpc) is 2.54. The third kappa shape index (κ3) is 5.04. The number of amides is 1. The Balaban J connectivity index is 2.09. The highest BCUT2D eigenvalue weighted by atomic mass is 16.5. The minimum atomic E-state index is -0.0818. The second kappa shape index (κ2) is 8.22. The van der Waals surface area contributed by atoms with Crippen molar-refractivity contribution in [2.45, 2.75) is 19.4 Å². The first-order valence-electron chi connectivity index (χ1n) is 7.25. The number of hydrogen-bond donors (Lipinski definition) is 1. The zero-order chi connectivity index (χ0) is 14.9. The van der Waals surface area contributed by atoms with Crippen LogP contribution in [-0.2, 0) is 16.0 Å². The van der Waals surface area contributed by atoms with E-state index in [0.29, 0.717) is 6.61 Å². The van der Waals surface area contributed by atoms with Crippen molar-refractivity contribution in [3.8, 4) is 0 Å². The van der Waals surface area contributed by atoms with E-state index in [0.717, 1.165) is 12.0 Å². The monoisotopic (exact) mass is 283 g/mol. The van der Waals surface area contributed by atoms with Crippen molar-refractivity contribution >= 4 is 5.91 Å². The molecule has 2 aromatic carbocycles. The predicted molar refractivity (Wildman–Crippen MR) is 84.0 cm³/mol. The third-order valence-corrected chi connectivity index (χ3v) is 3.26. The van der Waals surface area contributed by atoms with Gasteiger partial charge in [-0.3, -0.25) is 4.79 Å². The molecule has 0 aliphatic carbocycles. The largest absolute Gasteiger partial charge is 0.372 e. The van der Waals surface area contributed by atoms with Crippen molar-refractivity contribution in [1.29, 1.82) is 0 Å². The third-order valence-electron chi connectivity index (χ3n) is 3.26. The Morgan fingerprint density at radius 1 is 1.05 bits per heavy atom. The number of ether oxygens (including phenoxy) is 1. The number of carbonyl (C=O) groups is 1. The summed E-state index contributed by atoms with van der Waals surface area (Å²) >= 11 is 0. The van der Waals surface area contributed by atoms with Crippen LogP contribution in [0.5, 0.6) is 0 Å². The van der Waals surface area contributed by atoms with E-state index in [2.05, 4.69) is 17.4 Å². The Hall–Kier alpha value is -2.13. The van der Waals surface area contributed by atoms with Crippen LogP contribution in [0.4, 0.5) is 0 Å². The first kappa shape index (κ1) is 15.3. The maximum atomic E-state index is 11.9. The summed E-state index contributed by atoms with van der Waals surface area (Å²) in [4.78, 5) is 11.9. The molecule has 3 heteroatoms. The Morgan fingerprint density at radius 2 is 1.67 bits per heavy atom. The second-order valence-electron chi connectivity index (χ2n) is 4.86. The first-order chi connectivity index (χ1) is 10.3. The van der Waals surface area contributed by atoms with Crippen LogP contribution in [-0.4, -0.2) is 19.1 Å². The van der Waals surface area contributed by atoms with Gasteiger partial charge in [0.1, 0.15) is 6.61 Å². The number of benzene rings is 2. The van der Waals surface area contributed by atoms with E-state index in [4.69, 9.17) is 4.74 Å². The van der Waals surface area contributed by atoms with Crippen LogP contribution < -0.4 is 5.32 Å². The minimum absolute atomic E-state index is 0.0402. The van der Waals surface area contributed by atoms with Gasteiger partial charge in [0.15, 0.2) is 0 Å². The minimum Gasteiger partial charge on any atom is -0.372 e. The second-order valence-corrected chi connectivity index (χ2v) is 4.86. The fraction of sp³-hybridized carbons (Fsp3) is 0.278. The Labute approximate surface area is 126 Å². The van der Waals surface area contributed by atoms with Crippen molar-refractivity contribution < 1.29 is 9.53 Å². The predicted octanol–water partition coefficient (Wildman–Crippen LogP) is 3.12. The SMILES string of the molecule is CCOCC(=O)NC(Cc1ccccc1)c1ccccc1. The summed E-state index contributed by atoms with van der Waals surface area (Å²) in [5.41, 5.74) is 2.30. The zero-order valence-electron chi connectivity index (χ0n) is 12.3. The number of hydrogen-bond acceptors (Lipinski definition) is 2. The molecular weight excluding hydrogens is 262 g/mol. The molecule has 0 radical (unpaired) electrons. The van der Waals surface area contributed by atoms with E-state index < -0.39 is 0 Å². The standard InChI is InChI=1S/C18H21NO2/c1-2-21-14-18(20)19-17(16-11-7-4-8-12-16)13-15-9-5-3-6-10-15/h3-12,17H,2,13-14H2,1H3,(H,19,20). The molecule has 21 heavy (non-hydrogen) atoms. The average molecular weight is 283 g/mol. The van der Waals surface area contributed by atoms with E-state index in [1.165, 1.54) is 5.56 Å². The molecular formula is C18H21NO2. The van der Waals surface area contributed by atoms with Gasteiger partial charge in [-0.1, -0.05) is 60.7 Å². The molecule has 0 aliphatic rings. The van der Waals surface area contributed by atoms with Crippen LogP contribution in [0.15, 0.2) is 60.7 Å². The summed E-state index contributed by atoms with van der Waals surface area (Å²) in [6.45, 7) is 2.53. The van der Waals surface area contributed by atoms with Crippen LogP contribution in [0.3, 0.4) is 0 Å². The highest BCUT2D eigenvalue weighted by molar-refractivity contribution is 5.77. The van der Waals surface area contributed by atoms with Crippen molar-refractivity contribution in [2.24, 2.45) is 0 Å². The highest BCUT2D eigenvalue weighted by Crippen LogP contribution is 2.18. The summed E-state index contributed by atoms with van der Waals surface area (Å²) < 4.78 is 5.17. The quantitative estimate of drug-likeness (QED) is 0.848. The van der Waals surface area contributed by atoms with E-state index in [9.17, 15) is 4.79 Å². The van der Waals surface area contributed by atoms with E-state index >= 15 is 0 Å². The number of carbonyl (C=O) groups excluding carboxylic acids is 1. The lowest BCUT2D eigenvalue weighted by Crippen LogP contribution is -2.32. The van der Waals surface area contributed by atoms with Crippen molar-refractivity contribution in [1.82, 2.24) is 5.32 Å². The fourth-order valence-electron chi connectivity index (χ4n) is 2.22. The first-order valence-corrected chi connectivity index (χ1v) is 7.25. The molecule has 1 unspecified atom stereocenters. The van der Waals surface area contributed by atoms with Gasteiger partial charge in [-0.05, 0) is 24.5 Å². The van der Waals surface area contributed by atoms with Gasteiger partial charge in [-0.2, -0.15) is 0 Å². The maximum absolute atomic E-state index is 11.9. The molecule has 0 fully saturated rings. The summed E-state index contributed by atoms with van der Waals surface area (Å²) in [6.07, 6.45) is 0.767. The van der Waals surface area contributed by atoms with Gasteiger partial charge < -0.3 is 10.1 Å². The van der Waals surface area contributed by atoms with Gasteiger partial charge >= 0.3 is 0 Å². The van der Waals surface area contributed by atoms with E-state index in [1.807, 2.05) is 55.5 Å². The Morgan fingerprint density at radius 3 is 2.29 bits per heavy atom. The number of nitrogens with one attached hydrogen (secondary N) is 1. The van der Waals surface area contributed by atoms with Gasteiger partial charge in [0.05, 0.1) is 6.04 Å². The Bertz CT molecular complexity index is 540. The molecule has 1 amide bonds. The molecule has 2 rings (SSSR count).